The number of rotatable bonds is 10. The monoisotopic (exact) mass is 378 g/mol. The second kappa shape index (κ2) is 10.1. The third-order valence-corrected chi connectivity index (χ3v) is 3.26. The van der Waals surface area contributed by atoms with Crippen LogP contribution in [0.2, 0.25) is 0 Å². The van der Waals surface area contributed by atoms with Gasteiger partial charge in [0.15, 0.2) is 23.2 Å². The van der Waals surface area contributed by atoms with Crippen molar-refractivity contribution in [1.82, 2.24) is 0 Å². The van der Waals surface area contributed by atoms with Gasteiger partial charge in [-0.25, -0.2) is 8.78 Å². The highest BCUT2D eigenvalue weighted by Crippen LogP contribution is 2.27. The average molecular weight is 378 g/mol. The highest BCUT2D eigenvalue weighted by molar-refractivity contribution is 5.49. The van der Waals surface area contributed by atoms with E-state index in [9.17, 15) is 13.2 Å². The summed E-state index contributed by atoms with van der Waals surface area (Å²) in [6, 6.07) is 3.47. The van der Waals surface area contributed by atoms with Gasteiger partial charge in [0, 0.05) is 11.6 Å². The maximum Gasteiger partial charge on any atom is 0.200 e. The molecular formula is C21H21F3O3. The topological polar surface area (TPSA) is 38.7 Å². The third-order valence-electron chi connectivity index (χ3n) is 3.26. The molecule has 0 amide bonds. The largest absolute Gasteiger partial charge is 0.508 e. The Morgan fingerprint density at radius 1 is 1.11 bits per heavy atom. The van der Waals surface area contributed by atoms with Crippen molar-refractivity contribution in [2.24, 2.45) is 0 Å². The minimum atomic E-state index is -1.25. The molecule has 3 nitrogen and oxygen atoms in total. The van der Waals surface area contributed by atoms with E-state index >= 15 is 0 Å². The lowest BCUT2D eigenvalue weighted by atomic mass is 10.1. The van der Waals surface area contributed by atoms with Gasteiger partial charge in [-0.2, -0.15) is 4.39 Å². The Morgan fingerprint density at radius 3 is 2.37 bits per heavy atom. The Kier molecular flexibility index (Phi) is 8.20. The van der Waals surface area contributed by atoms with E-state index in [1.165, 1.54) is 24.3 Å². The summed E-state index contributed by atoms with van der Waals surface area (Å²) < 4.78 is 51.5. The Hall–Kier alpha value is -3.15. The van der Waals surface area contributed by atoms with Crippen LogP contribution in [0.1, 0.15) is 6.92 Å². The van der Waals surface area contributed by atoms with E-state index < -0.39 is 23.2 Å². The van der Waals surface area contributed by atoms with E-state index in [2.05, 4.69) is 26.3 Å². The molecule has 0 atom stereocenters. The minimum Gasteiger partial charge on any atom is -0.508 e. The molecule has 0 saturated carbocycles. The number of benzene rings is 1. The smallest absolute Gasteiger partial charge is 0.200 e. The maximum atomic E-state index is 14.0. The van der Waals surface area contributed by atoms with Gasteiger partial charge in [0.2, 0.25) is 5.83 Å². The SMILES string of the molecule is C=C(/C=C\C(=C)C(=C)/C(F)=C(/F)C(=C)OCC)COc1ccc(O)cc1F. The van der Waals surface area contributed by atoms with Gasteiger partial charge in [-0.05, 0) is 30.2 Å². The lowest BCUT2D eigenvalue weighted by Gasteiger charge is -2.09. The summed E-state index contributed by atoms with van der Waals surface area (Å²) in [5, 5.41) is 9.14. The van der Waals surface area contributed by atoms with Crippen LogP contribution in [0.25, 0.3) is 0 Å². The highest BCUT2D eigenvalue weighted by atomic mass is 19.2. The van der Waals surface area contributed by atoms with E-state index in [1.807, 2.05) is 0 Å². The van der Waals surface area contributed by atoms with Crippen molar-refractivity contribution < 1.29 is 27.8 Å². The van der Waals surface area contributed by atoms with E-state index in [1.54, 1.807) is 6.92 Å². The maximum absolute atomic E-state index is 14.0. The molecule has 1 aromatic carbocycles. The van der Waals surface area contributed by atoms with Crippen LogP contribution in [0, 0.1) is 5.82 Å². The van der Waals surface area contributed by atoms with Crippen molar-refractivity contribution in [1.29, 1.82) is 0 Å². The van der Waals surface area contributed by atoms with Crippen molar-refractivity contribution in [3.05, 3.63) is 96.6 Å². The van der Waals surface area contributed by atoms with E-state index in [-0.39, 0.29) is 35.9 Å². The molecule has 0 spiro atoms. The van der Waals surface area contributed by atoms with Crippen LogP contribution in [0.15, 0.2) is 90.8 Å². The fraction of sp³-hybridized carbons (Fsp3) is 0.143. The number of ether oxygens (including phenoxy) is 2. The summed E-state index contributed by atoms with van der Waals surface area (Å²) >= 11 is 0. The second-order valence-corrected chi connectivity index (χ2v) is 5.38. The van der Waals surface area contributed by atoms with E-state index in [0.717, 1.165) is 6.07 Å². The van der Waals surface area contributed by atoms with Gasteiger partial charge >= 0.3 is 0 Å². The van der Waals surface area contributed by atoms with Crippen molar-refractivity contribution in [2.45, 2.75) is 6.92 Å². The van der Waals surface area contributed by atoms with Gasteiger partial charge in [0.05, 0.1) is 6.61 Å². The molecule has 1 aromatic rings. The highest BCUT2D eigenvalue weighted by Gasteiger charge is 2.15. The van der Waals surface area contributed by atoms with E-state index in [0.29, 0.717) is 5.57 Å². The Bertz CT molecular complexity index is 820. The van der Waals surface area contributed by atoms with Crippen LogP contribution in [-0.2, 0) is 4.74 Å². The normalized spacial score (nSPS) is 11.7. The Morgan fingerprint density at radius 2 is 1.78 bits per heavy atom. The van der Waals surface area contributed by atoms with Crippen molar-refractivity contribution in [2.75, 3.05) is 13.2 Å². The van der Waals surface area contributed by atoms with Gasteiger partial charge in [0.1, 0.15) is 12.4 Å². The summed E-state index contributed by atoms with van der Waals surface area (Å²) in [7, 11) is 0. The first kappa shape index (κ1) is 21.9. The zero-order valence-corrected chi connectivity index (χ0v) is 15.0. The minimum absolute atomic E-state index is 0.0592. The second-order valence-electron chi connectivity index (χ2n) is 5.38. The van der Waals surface area contributed by atoms with E-state index in [4.69, 9.17) is 14.6 Å². The number of phenolic OH excluding ortho intramolecular Hbond substituents is 1. The predicted octanol–water partition coefficient (Wildman–Crippen LogP) is 5.84. The van der Waals surface area contributed by atoms with Crippen molar-refractivity contribution >= 4 is 0 Å². The molecule has 0 aromatic heterocycles. The number of hydrogen-bond donors (Lipinski definition) is 1. The summed E-state index contributed by atoms with van der Waals surface area (Å²) in [5.74, 6) is -3.90. The van der Waals surface area contributed by atoms with Crippen molar-refractivity contribution in [3.8, 4) is 11.5 Å². The zero-order valence-electron chi connectivity index (χ0n) is 15.0. The fourth-order valence-corrected chi connectivity index (χ4v) is 1.78. The first-order valence-corrected chi connectivity index (χ1v) is 7.90. The fourth-order valence-electron chi connectivity index (χ4n) is 1.78. The number of hydrogen-bond acceptors (Lipinski definition) is 3. The molecule has 1 rings (SSSR count). The van der Waals surface area contributed by atoms with Gasteiger partial charge in [-0.1, -0.05) is 38.5 Å². The first-order chi connectivity index (χ1) is 12.7. The predicted molar refractivity (Wildman–Crippen MR) is 100 cm³/mol. The molecule has 6 heteroatoms. The molecule has 144 valence electrons. The van der Waals surface area contributed by atoms with Gasteiger partial charge < -0.3 is 14.6 Å². The number of halogens is 3. The molecule has 0 heterocycles. The number of aromatic hydroxyl groups is 1. The molecule has 0 aliphatic carbocycles. The molecule has 0 saturated heterocycles. The van der Waals surface area contributed by atoms with Crippen LogP contribution in [0.3, 0.4) is 0 Å². The van der Waals surface area contributed by atoms with Crippen molar-refractivity contribution in [3.63, 3.8) is 0 Å². The quantitative estimate of drug-likeness (QED) is 0.411. The molecule has 0 bridgehead atoms. The summed E-state index contributed by atoms with van der Waals surface area (Å²) in [5.41, 5.74) is 0.242. The summed E-state index contributed by atoms with van der Waals surface area (Å²) in [4.78, 5) is 0. The third kappa shape index (κ3) is 6.58. The lowest BCUT2D eigenvalue weighted by Crippen LogP contribution is -2.00. The van der Waals surface area contributed by atoms with Gasteiger partial charge in [-0.15, -0.1) is 0 Å². The lowest BCUT2D eigenvalue weighted by molar-refractivity contribution is 0.224. The van der Waals surface area contributed by atoms with Crippen LogP contribution < -0.4 is 4.74 Å². The number of allylic oxidation sites excluding steroid dienone is 5. The average Bonchev–Trinajstić information content (AvgIpc) is 2.63. The Balaban J connectivity index is 2.68. The van der Waals surface area contributed by atoms with Crippen LogP contribution in [-0.4, -0.2) is 18.3 Å². The molecular weight excluding hydrogens is 357 g/mol. The van der Waals surface area contributed by atoms with Crippen LogP contribution >= 0.6 is 0 Å². The Labute approximate surface area is 156 Å². The van der Waals surface area contributed by atoms with Gasteiger partial charge in [-0.3, -0.25) is 0 Å². The summed E-state index contributed by atoms with van der Waals surface area (Å²) in [6.45, 7) is 15.8. The van der Waals surface area contributed by atoms with Crippen LogP contribution in [0.4, 0.5) is 13.2 Å². The molecule has 0 aliphatic heterocycles. The molecule has 1 N–H and O–H groups in total. The number of phenols is 1. The standard InChI is InChI=1S/C21H21F3O3/c1-6-26-16(5)21(24)20(23)15(4)14(3)8-7-13(2)12-27-19-10-9-17(25)11-18(19)22/h7-11,25H,2-6,12H2,1H3/b8-7-,21-20-. The van der Waals surface area contributed by atoms with Gasteiger partial charge in [0.25, 0.3) is 0 Å². The van der Waals surface area contributed by atoms with Crippen LogP contribution in [0.5, 0.6) is 11.5 Å². The molecule has 0 radical (unpaired) electrons. The summed E-state index contributed by atoms with van der Waals surface area (Å²) in [6.07, 6.45) is 2.83. The molecule has 0 unspecified atom stereocenters. The molecule has 0 aliphatic rings. The zero-order chi connectivity index (χ0) is 20.6. The first-order valence-electron chi connectivity index (χ1n) is 7.90. The molecule has 27 heavy (non-hydrogen) atoms. The molecule has 0 fully saturated rings.